The van der Waals surface area contributed by atoms with Gasteiger partial charge in [-0.2, -0.15) is 0 Å². The SMILES string of the molecule is CN1CCOc2cc(S(=O)(=O)n3cc(CCN4CCCC4)c4ncccc43)ccc21.O=CO. The number of hydrogen-bond acceptors (Lipinski definition) is 7. The van der Waals surface area contributed by atoms with Crippen LogP contribution in [0.2, 0.25) is 0 Å². The van der Waals surface area contributed by atoms with Gasteiger partial charge in [0.1, 0.15) is 12.4 Å². The Labute approximate surface area is 193 Å². The fourth-order valence-electron chi connectivity index (χ4n) is 4.37. The van der Waals surface area contributed by atoms with Crippen molar-refractivity contribution in [1.29, 1.82) is 0 Å². The van der Waals surface area contributed by atoms with Crippen LogP contribution >= 0.6 is 0 Å². The maximum Gasteiger partial charge on any atom is 0.290 e. The first kappa shape index (κ1) is 23.1. The molecule has 0 amide bonds. The number of pyridine rings is 1. The van der Waals surface area contributed by atoms with Crippen molar-refractivity contribution in [2.24, 2.45) is 0 Å². The Kier molecular flexibility index (Phi) is 6.85. The number of fused-ring (bicyclic) bond motifs is 2. The van der Waals surface area contributed by atoms with Crippen LogP contribution in [-0.4, -0.2) is 73.7 Å². The number of carboxylic acid groups (broad SMARTS) is 1. The van der Waals surface area contributed by atoms with Gasteiger partial charge in [-0.3, -0.25) is 9.78 Å². The number of likely N-dealkylation sites (tertiary alicyclic amines) is 1. The van der Waals surface area contributed by atoms with E-state index in [0.717, 1.165) is 49.4 Å². The first-order chi connectivity index (χ1) is 16.0. The Morgan fingerprint density at radius 1 is 1.18 bits per heavy atom. The predicted octanol–water partition coefficient (Wildman–Crippen LogP) is 2.44. The van der Waals surface area contributed by atoms with E-state index in [9.17, 15) is 8.42 Å². The molecule has 4 heterocycles. The van der Waals surface area contributed by atoms with Crippen LogP contribution in [0.5, 0.6) is 5.75 Å². The predicted molar refractivity (Wildman–Crippen MR) is 126 cm³/mol. The first-order valence-electron chi connectivity index (χ1n) is 10.9. The minimum atomic E-state index is -3.77. The highest BCUT2D eigenvalue weighted by molar-refractivity contribution is 7.90. The Morgan fingerprint density at radius 3 is 2.70 bits per heavy atom. The van der Waals surface area contributed by atoms with E-state index in [1.807, 2.05) is 19.2 Å². The lowest BCUT2D eigenvalue weighted by Crippen LogP contribution is -2.29. The molecule has 9 nitrogen and oxygen atoms in total. The monoisotopic (exact) mass is 472 g/mol. The van der Waals surface area contributed by atoms with Crippen LogP contribution in [0, 0.1) is 0 Å². The summed E-state index contributed by atoms with van der Waals surface area (Å²) in [7, 11) is -1.79. The molecule has 1 saturated heterocycles. The summed E-state index contributed by atoms with van der Waals surface area (Å²) in [5.74, 6) is 0.605. The third-order valence-electron chi connectivity index (χ3n) is 6.08. The highest BCUT2D eigenvalue weighted by Gasteiger charge is 2.25. The second kappa shape index (κ2) is 9.80. The largest absolute Gasteiger partial charge is 0.490 e. The Bertz CT molecular complexity index is 1230. The molecule has 1 N–H and O–H groups in total. The van der Waals surface area contributed by atoms with Gasteiger partial charge in [-0.15, -0.1) is 0 Å². The molecule has 3 aromatic rings. The number of nitrogens with zero attached hydrogens (tertiary/aromatic N) is 4. The molecule has 0 atom stereocenters. The zero-order chi connectivity index (χ0) is 23.4. The van der Waals surface area contributed by atoms with E-state index >= 15 is 0 Å². The molecule has 2 aliphatic rings. The first-order valence-corrected chi connectivity index (χ1v) is 12.4. The van der Waals surface area contributed by atoms with Gasteiger partial charge in [-0.05, 0) is 62.2 Å². The van der Waals surface area contributed by atoms with E-state index < -0.39 is 10.0 Å². The molecule has 0 radical (unpaired) electrons. The number of hydrogen-bond donors (Lipinski definition) is 1. The van der Waals surface area contributed by atoms with Crippen LogP contribution < -0.4 is 9.64 Å². The van der Waals surface area contributed by atoms with Crippen LogP contribution in [0.15, 0.2) is 47.6 Å². The fourth-order valence-corrected chi connectivity index (χ4v) is 5.77. The van der Waals surface area contributed by atoms with Gasteiger partial charge in [0.15, 0.2) is 0 Å². The fraction of sp³-hybridized carbons (Fsp3) is 0.391. The van der Waals surface area contributed by atoms with Crippen LogP contribution in [0.1, 0.15) is 18.4 Å². The van der Waals surface area contributed by atoms with Gasteiger partial charge in [0.05, 0.1) is 28.2 Å². The van der Waals surface area contributed by atoms with Gasteiger partial charge in [0.25, 0.3) is 16.5 Å². The van der Waals surface area contributed by atoms with Crippen LogP contribution in [0.4, 0.5) is 5.69 Å². The second-order valence-electron chi connectivity index (χ2n) is 8.13. The molecule has 0 bridgehead atoms. The standard InChI is InChI=1S/C22H26N4O3S.CH2O2/c1-24-13-14-29-21-15-18(6-7-19(21)24)30(27,28)26-16-17(8-12-25-10-2-3-11-25)22-20(26)5-4-9-23-22;2-1-3/h4-7,9,15-16H,2-3,8,10-14H2,1H3;1H,(H,2,3). The average Bonchev–Trinajstić information content (AvgIpc) is 3.46. The molecule has 10 heteroatoms. The van der Waals surface area contributed by atoms with E-state index in [1.165, 1.54) is 16.8 Å². The lowest BCUT2D eigenvalue weighted by atomic mass is 10.2. The van der Waals surface area contributed by atoms with Crippen molar-refractivity contribution in [3.8, 4) is 5.75 Å². The molecule has 0 aliphatic carbocycles. The summed E-state index contributed by atoms with van der Waals surface area (Å²) >= 11 is 0. The number of anilines is 1. The third kappa shape index (κ3) is 4.67. The topological polar surface area (TPSA) is 105 Å². The zero-order valence-corrected chi connectivity index (χ0v) is 19.4. The molecular weight excluding hydrogens is 444 g/mol. The van der Waals surface area contributed by atoms with E-state index in [2.05, 4.69) is 14.8 Å². The molecule has 0 saturated carbocycles. The number of rotatable bonds is 5. The van der Waals surface area contributed by atoms with Crippen molar-refractivity contribution in [3.05, 3.63) is 48.3 Å². The number of ether oxygens (including phenoxy) is 1. The van der Waals surface area contributed by atoms with Crippen molar-refractivity contribution < 1.29 is 23.1 Å². The molecule has 33 heavy (non-hydrogen) atoms. The molecule has 2 aromatic heterocycles. The minimum absolute atomic E-state index is 0.225. The van der Waals surface area contributed by atoms with E-state index in [0.29, 0.717) is 17.9 Å². The van der Waals surface area contributed by atoms with E-state index in [4.69, 9.17) is 14.6 Å². The lowest BCUT2D eigenvalue weighted by molar-refractivity contribution is -0.122. The van der Waals surface area contributed by atoms with Gasteiger partial charge in [0.2, 0.25) is 0 Å². The Balaban J connectivity index is 0.000000821. The van der Waals surface area contributed by atoms with Crippen LogP contribution in [-0.2, 0) is 21.2 Å². The van der Waals surface area contributed by atoms with Crippen molar-refractivity contribution in [3.63, 3.8) is 0 Å². The zero-order valence-electron chi connectivity index (χ0n) is 18.6. The molecule has 1 aromatic carbocycles. The molecule has 176 valence electrons. The average molecular weight is 473 g/mol. The summed E-state index contributed by atoms with van der Waals surface area (Å²) < 4.78 is 34.2. The van der Waals surface area contributed by atoms with Crippen molar-refractivity contribution in [2.75, 3.05) is 44.7 Å². The van der Waals surface area contributed by atoms with E-state index in [1.54, 1.807) is 30.6 Å². The lowest BCUT2D eigenvalue weighted by Gasteiger charge is -2.27. The summed E-state index contributed by atoms with van der Waals surface area (Å²) in [6.07, 6.45) is 6.73. The third-order valence-corrected chi connectivity index (χ3v) is 7.75. The normalized spacial score (nSPS) is 16.1. The molecule has 1 fully saturated rings. The number of aromatic nitrogens is 2. The molecule has 2 aliphatic heterocycles. The van der Waals surface area contributed by atoms with Gasteiger partial charge in [-0.25, -0.2) is 12.4 Å². The highest BCUT2D eigenvalue weighted by Crippen LogP contribution is 2.34. The highest BCUT2D eigenvalue weighted by atomic mass is 32.2. The van der Waals surface area contributed by atoms with Crippen LogP contribution in [0.25, 0.3) is 11.0 Å². The Hall–Kier alpha value is -3.11. The molecule has 0 unspecified atom stereocenters. The summed E-state index contributed by atoms with van der Waals surface area (Å²) in [6.45, 7) is 4.24. The number of benzene rings is 1. The summed E-state index contributed by atoms with van der Waals surface area (Å²) in [5.41, 5.74) is 3.25. The maximum absolute atomic E-state index is 13.5. The molecular formula is C23H28N4O5S. The minimum Gasteiger partial charge on any atom is -0.490 e. The number of likely N-dealkylation sites (N-methyl/N-ethyl adjacent to an activating group) is 1. The molecule has 5 rings (SSSR count). The summed E-state index contributed by atoms with van der Waals surface area (Å²) in [5, 5.41) is 6.89. The van der Waals surface area contributed by atoms with Crippen molar-refractivity contribution >= 4 is 33.2 Å². The van der Waals surface area contributed by atoms with Gasteiger partial charge in [-0.1, -0.05) is 0 Å². The van der Waals surface area contributed by atoms with Gasteiger partial charge < -0.3 is 19.6 Å². The number of carbonyl (C=O) groups is 1. The van der Waals surface area contributed by atoms with Crippen LogP contribution in [0.3, 0.4) is 0 Å². The van der Waals surface area contributed by atoms with Crippen molar-refractivity contribution in [2.45, 2.75) is 24.2 Å². The van der Waals surface area contributed by atoms with E-state index in [-0.39, 0.29) is 11.4 Å². The van der Waals surface area contributed by atoms with Gasteiger partial charge >= 0.3 is 0 Å². The quantitative estimate of drug-likeness (QED) is 0.565. The Morgan fingerprint density at radius 2 is 1.94 bits per heavy atom. The maximum atomic E-state index is 13.5. The van der Waals surface area contributed by atoms with Crippen molar-refractivity contribution in [1.82, 2.24) is 13.9 Å². The summed E-state index contributed by atoms with van der Waals surface area (Å²) in [4.78, 5) is 17.6. The van der Waals surface area contributed by atoms with Gasteiger partial charge in [0, 0.05) is 32.1 Å². The smallest absolute Gasteiger partial charge is 0.290 e. The molecule has 0 spiro atoms. The summed E-state index contributed by atoms with van der Waals surface area (Å²) in [6, 6.07) is 8.71. The second-order valence-corrected chi connectivity index (χ2v) is 9.94.